The Morgan fingerprint density at radius 2 is 1.05 bits per heavy atom. The Bertz CT molecular complexity index is 1400. The van der Waals surface area contributed by atoms with Gasteiger partial charge in [-0.25, -0.2) is 4.79 Å². The zero-order valence-electron chi connectivity index (χ0n) is 38.5. The largest absolute Gasteiger partial charge is 0.379 e. The third kappa shape index (κ3) is 19.6. The Hall–Kier alpha value is -3.40. The van der Waals surface area contributed by atoms with Crippen LogP contribution in [0.5, 0.6) is 0 Å². The van der Waals surface area contributed by atoms with Gasteiger partial charge < -0.3 is 56.7 Å². The minimum Gasteiger partial charge on any atom is -0.379 e. The highest BCUT2D eigenvalue weighted by Gasteiger charge is 2.31. The lowest BCUT2D eigenvalue weighted by molar-refractivity contribution is -0.129. The molecule has 20 heteroatoms. The van der Waals surface area contributed by atoms with Crippen molar-refractivity contribution in [2.75, 3.05) is 119 Å². The molecular weight excluding hydrogens is 819 g/mol. The fraction of sp³-hybridized carbons (Fsp3) is 0.857. The van der Waals surface area contributed by atoms with Crippen molar-refractivity contribution < 1.29 is 38.2 Å². The summed E-state index contributed by atoms with van der Waals surface area (Å²) in [6, 6.07) is -2.21. The number of carbonyl (C=O) groups is 5. The Labute approximate surface area is 375 Å². The van der Waals surface area contributed by atoms with Gasteiger partial charge in [-0.3, -0.25) is 33.9 Å². The number of nitrogens with zero attached hydrogens (tertiary/aromatic N) is 3. The van der Waals surface area contributed by atoms with E-state index in [1.54, 1.807) is 7.05 Å². The van der Waals surface area contributed by atoms with Gasteiger partial charge in [-0.15, -0.1) is 0 Å². The maximum atomic E-state index is 13.6. The first-order valence-electron chi connectivity index (χ1n) is 22.8. The first-order valence-corrected chi connectivity index (χ1v) is 23.2. The summed E-state index contributed by atoms with van der Waals surface area (Å²) in [5.41, 5.74) is 0. The average Bonchev–Trinajstić information content (AvgIpc) is 3.27. The fourth-order valence-electron chi connectivity index (χ4n) is 7.99. The van der Waals surface area contributed by atoms with Gasteiger partial charge in [0, 0.05) is 99.6 Å². The van der Waals surface area contributed by atoms with Gasteiger partial charge >= 0.3 is 6.03 Å². The van der Waals surface area contributed by atoms with Crippen molar-refractivity contribution in [3.05, 3.63) is 0 Å². The molecule has 19 nitrogen and oxygen atoms in total. The second-order valence-electron chi connectivity index (χ2n) is 17.0. The highest BCUT2D eigenvalue weighted by molar-refractivity contribution is 7.80. The summed E-state index contributed by atoms with van der Waals surface area (Å²) < 4.78 is 17.6. The normalized spacial score (nSPS) is 21.8. The second-order valence-corrected chi connectivity index (χ2v) is 17.4. The Morgan fingerprint density at radius 3 is 1.48 bits per heavy atom. The van der Waals surface area contributed by atoms with Crippen molar-refractivity contribution in [1.82, 2.24) is 57.2 Å². The van der Waals surface area contributed by atoms with Crippen LogP contribution in [0.15, 0.2) is 0 Å². The van der Waals surface area contributed by atoms with Crippen LogP contribution >= 0.6 is 12.2 Å². The maximum absolute atomic E-state index is 13.6. The molecule has 8 atom stereocenters. The zero-order chi connectivity index (χ0) is 45.4. The standard InChI is InChI=1S/C42H79N11O8S/c1-8-29(2)35(50-42(62)44-7)38(55)46-14-17-52-21-26-61-34(28-52)12-10-31(4)37(49-41(58)43-6)40(57)47-15-18-53-22-25-60-33(27-53)11-9-30(3)36(48-32(5)54)39(56)45-13-16-51-19-23-59-24-20-51/h29-31,33-37H,8-28H2,1-7H3,(H,45,56)(H,46,55)(H,47,57)(H,48,54)(H2,43,49,58)(H2,44,50,62). The number of ether oxygens (including phenoxy) is 3. The number of rotatable bonds is 25. The van der Waals surface area contributed by atoms with Crippen LogP contribution < -0.4 is 42.5 Å². The number of urea groups is 1. The number of carbonyl (C=O) groups excluding carboxylic acids is 5. The van der Waals surface area contributed by atoms with Crippen LogP contribution in [0.4, 0.5) is 4.79 Å². The molecule has 356 valence electrons. The van der Waals surface area contributed by atoms with Crippen LogP contribution in [0.1, 0.15) is 66.7 Å². The highest BCUT2D eigenvalue weighted by atomic mass is 32.1. The van der Waals surface area contributed by atoms with E-state index in [0.717, 1.165) is 45.6 Å². The van der Waals surface area contributed by atoms with E-state index < -0.39 is 24.2 Å². The van der Waals surface area contributed by atoms with Crippen LogP contribution in [0.3, 0.4) is 0 Å². The topological polar surface area (TPSA) is 219 Å². The van der Waals surface area contributed by atoms with E-state index in [1.165, 1.54) is 14.0 Å². The summed E-state index contributed by atoms with van der Waals surface area (Å²) in [4.78, 5) is 71.0. The zero-order valence-corrected chi connectivity index (χ0v) is 39.3. The molecule has 3 fully saturated rings. The monoisotopic (exact) mass is 898 g/mol. The Balaban J connectivity index is 1.42. The van der Waals surface area contributed by atoms with E-state index in [4.69, 9.17) is 26.4 Å². The highest BCUT2D eigenvalue weighted by Crippen LogP contribution is 2.19. The van der Waals surface area contributed by atoms with Crippen molar-refractivity contribution in [1.29, 1.82) is 0 Å². The predicted molar refractivity (Wildman–Crippen MR) is 242 cm³/mol. The van der Waals surface area contributed by atoms with Crippen molar-refractivity contribution >= 4 is 47.0 Å². The lowest BCUT2D eigenvalue weighted by Gasteiger charge is -2.34. The van der Waals surface area contributed by atoms with E-state index in [9.17, 15) is 24.0 Å². The number of nitrogens with one attached hydrogen (secondary N) is 8. The summed E-state index contributed by atoms with van der Waals surface area (Å²) in [5.74, 6) is -0.899. The summed E-state index contributed by atoms with van der Waals surface area (Å²) in [6.07, 6.45) is 3.54. The number of hydrogen-bond donors (Lipinski definition) is 8. The quantitative estimate of drug-likeness (QED) is 0.0528. The molecule has 62 heavy (non-hydrogen) atoms. The molecule has 3 saturated heterocycles. The van der Waals surface area contributed by atoms with E-state index in [0.29, 0.717) is 96.6 Å². The smallest absolute Gasteiger partial charge is 0.315 e. The Morgan fingerprint density at radius 1 is 0.613 bits per heavy atom. The van der Waals surface area contributed by atoms with E-state index in [2.05, 4.69) is 57.2 Å². The lowest BCUT2D eigenvalue weighted by atomic mass is 9.93. The van der Waals surface area contributed by atoms with Crippen LogP contribution in [0.2, 0.25) is 0 Å². The third-order valence-corrected chi connectivity index (χ3v) is 12.5. The molecule has 0 bridgehead atoms. The molecule has 0 aliphatic carbocycles. The molecule has 8 N–H and O–H groups in total. The molecule has 0 spiro atoms. The van der Waals surface area contributed by atoms with Crippen molar-refractivity contribution in [2.45, 2.75) is 97.1 Å². The van der Waals surface area contributed by atoms with Crippen LogP contribution in [-0.2, 0) is 33.4 Å². The van der Waals surface area contributed by atoms with Crippen molar-refractivity contribution in [3.63, 3.8) is 0 Å². The Kier molecular flexibility index (Phi) is 24.9. The maximum Gasteiger partial charge on any atom is 0.315 e. The second kappa shape index (κ2) is 29.1. The van der Waals surface area contributed by atoms with Gasteiger partial charge in [0.05, 0.1) is 38.6 Å². The van der Waals surface area contributed by atoms with Gasteiger partial charge in [0.15, 0.2) is 5.11 Å². The fourth-order valence-corrected chi connectivity index (χ4v) is 8.12. The van der Waals surface area contributed by atoms with Crippen LogP contribution in [0.25, 0.3) is 0 Å². The predicted octanol–water partition coefficient (Wildman–Crippen LogP) is -0.788. The first-order chi connectivity index (χ1) is 29.7. The summed E-state index contributed by atoms with van der Waals surface area (Å²) in [6.45, 7) is 20.0. The third-order valence-electron chi connectivity index (χ3n) is 12.2. The average molecular weight is 898 g/mol. The van der Waals surface area contributed by atoms with E-state index in [1.807, 2.05) is 27.7 Å². The molecule has 6 amide bonds. The molecule has 0 aromatic carbocycles. The van der Waals surface area contributed by atoms with Gasteiger partial charge in [0.25, 0.3) is 0 Å². The van der Waals surface area contributed by atoms with Crippen molar-refractivity contribution in [2.24, 2.45) is 17.8 Å². The SMILES string of the molecule is CCC(C)C(NC(=S)NC)C(=O)NCCN1CCOC(CCC(C)C(NC(=O)NC)C(=O)NCCN2CCOC(CCC(C)C(NC(C)=O)C(=O)NCCN3CCOCC3)C2)C1. The summed E-state index contributed by atoms with van der Waals surface area (Å²) in [5, 5.41) is 23.8. The summed E-state index contributed by atoms with van der Waals surface area (Å²) >= 11 is 5.25. The molecule has 3 aliphatic heterocycles. The van der Waals surface area contributed by atoms with Gasteiger partial charge in [-0.1, -0.05) is 34.1 Å². The van der Waals surface area contributed by atoms with Crippen molar-refractivity contribution in [3.8, 4) is 0 Å². The number of amides is 6. The number of thiocarbonyl (C=S) groups is 1. The molecule has 3 rings (SSSR count). The van der Waals surface area contributed by atoms with Gasteiger partial charge in [-0.2, -0.15) is 0 Å². The molecular formula is C42H79N11O8S. The van der Waals surface area contributed by atoms with Gasteiger partial charge in [0.2, 0.25) is 23.6 Å². The molecule has 0 aromatic rings. The molecule has 0 saturated carbocycles. The molecule has 3 heterocycles. The minimum atomic E-state index is -0.736. The van der Waals surface area contributed by atoms with E-state index >= 15 is 0 Å². The van der Waals surface area contributed by atoms with Crippen LogP contribution in [0, 0.1) is 17.8 Å². The number of hydrogen-bond acceptors (Lipinski definition) is 12. The first kappa shape index (κ1) is 52.9. The molecule has 0 aromatic heterocycles. The summed E-state index contributed by atoms with van der Waals surface area (Å²) in [7, 11) is 3.25. The molecule has 0 radical (unpaired) electrons. The lowest BCUT2D eigenvalue weighted by Crippen LogP contribution is -2.54. The van der Waals surface area contributed by atoms with Gasteiger partial charge in [0.1, 0.15) is 18.1 Å². The number of morpholine rings is 3. The molecule has 8 unspecified atom stereocenters. The minimum absolute atomic E-state index is 0.0376. The molecule has 3 aliphatic rings. The van der Waals surface area contributed by atoms with Crippen LogP contribution in [-0.4, -0.2) is 199 Å². The van der Waals surface area contributed by atoms with Gasteiger partial charge in [-0.05, 0) is 55.7 Å². The van der Waals surface area contributed by atoms with E-state index in [-0.39, 0.29) is 53.6 Å².